The number of aromatic nitrogens is 6. The summed E-state index contributed by atoms with van der Waals surface area (Å²) in [5, 5.41) is 0. The van der Waals surface area contributed by atoms with Crippen molar-refractivity contribution in [3.63, 3.8) is 0 Å². The van der Waals surface area contributed by atoms with Crippen LogP contribution in [-0.4, -0.2) is 42.0 Å². The van der Waals surface area contributed by atoms with E-state index >= 15 is 0 Å². The van der Waals surface area contributed by atoms with Gasteiger partial charge in [-0.1, -0.05) is 12.1 Å². The molecular weight excluding hydrogens is 672 g/mol. The van der Waals surface area contributed by atoms with Crippen molar-refractivity contribution in [2.45, 2.75) is 6.92 Å². The summed E-state index contributed by atoms with van der Waals surface area (Å²) in [5.74, 6) is 0.0809. The highest BCUT2D eigenvalue weighted by molar-refractivity contribution is 9.10. The lowest BCUT2D eigenvalue weighted by molar-refractivity contribution is 0.101. The first-order valence-corrected chi connectivity index (χ1v) is 14.5. The van der Waals surface area contributed by atoms with E-state index in [9.17, 15) is 9.59 Å². The van der Waals surface area contributed by atoms with E-state index in [4.69, 9.17) is 4.98 Å². The number of aldehydes is 1. The summed E-state index contributed by atoms with van der Waals surface area (Å²) in [6, 6.07) is 26.4. The lowest BCUT2D eigenvalue weighted by Crippen LogP contribution is -1.93. The lowest BCUT2D eigenvalue weighted by Gasteiger charge is -2.09. The van der Waals surface area contributed by atoms with E-state index in [0.29, 0.717) is 22.1 Å². The first kappa shape index (κ1) is 31.1. The van der Waals surface area contributed by atoms with Crippen LogP contribution in [0.5, 0.6) is 0 Å². The van der Waals surface area contributed by atoms with E-state index in [1.165, 1.54) is 6.92 Å². The van der Waals surface area contributed by atoms with Crippen LogP contribution in [0.1, 0.15) is 27.8 Å². The van der Waals surface area contributed by atoms with E-state index in [1.807, 2.05) is 42.5 Å². The van der Waals surface area contributed by atoms with E-state index in [0.717, 1.165) is 38.4 Å². The van der Waals surface area contributed by atoms with Crippen LogP contribution in [-0.2, 0) is 0 Å². The van der Waals surface area contributed by atoms with Crippen LogP contribution in [0.15, 0.2) is 131 Å². The van der Waals surface area contributed by atoms with Crippen molar-refractivity contribution in [3.8, 4) is 33.8 Å². The number of Topliss-reactive ketones (excluding diaryl/α,β-unsaturated/α-hetero) is 1. The second-order valence-corrected chi connectivity index (χ2v) is 10.4. The fourth-order valence-corrected chi connectivity index (χ4v) is 4.37. The average molecular weight is 696 g/mol. The number of ketones is 1. The highest BCUT2D eigenvalue weighted by atomic mass is 79.9. The van der Waals surface area contributed by atoms with Crippen molar-refractivity contribution in [1.29, 1.82) is 0 Å². The fourth-order valence-electron chi connectivity index (χ4n) is 3.66. The molecule has 0 saturated carbocycles. The SMILES string of the molecule is Brc1cccc(-c2cc(-c3ccncc3)nc(-c3ccncc3)c2)n1.CC(=O)c1ccncc1.O=Cc1cccc(Br)n1. The maximum Gasteiger partial charge on any atom is 0.168 e. The minimum Gasteiger partial charge on any atom is -0.296 e. The maximum atomic E-state index is 10.6. The number of hydrogen-bond acceptors (Lipinski definition) is 8. The molecule has 0 saturated heterocycles. The molecule has 43 heavy (non-hydrogen) atoms. The van der Waals surface area contributed by atoms with Gasteiger partial charge in [-0.25, -0.2) is 15.0 Å². The number of carbonyl (C=O) groups excluding carboxylic acids is 2. The van der Waals surface area contributed by atoms with Gasteiger partial charge >= 0.3 is 0 Å². The molecule has 0 aliphatic carbocycles. The molecule has 6 aromatic heterocycles. The largest absolute Gasteiger partial charge is 0.296 e. The Morgan fingerprint density at radius 2 is 1.07 bits per heavy atom. The number of rotatable bonds is 5. The van der Waals surface area contributed by atoms with Crippen molar-refractivity contribution in [3.05, 3.63) is 143 Å². The summed E-state index contributed by atoms with van der Waals surface area (Å²) >= 11 is 6.58. The lowest BCUT2D eigenvalue weighted by atomic mass is 10.0. The zero-order chi connectivity index (χ0) is 30.4. The highest BCUT2D eigenvalue weighted by Crippen LogP contribution is 2.29. The Labute approximate surface area is 265 Å². The standard InChI is InChI=1S/C20H13BrN4.C7H7NO.C6H4BrNO/c21-20-3-1-2-17(25-20)16-12-18(14-4-8-22-9-5-14)24-19(13-16)15-6-10-23-11-7-15;1-6(9)7-2-4-8-5-3-7;7-6-3-1-2-5(4-9)8-6/h1-13H;2-5H,1H3;1-4H. The van der Waals surface area contributed by atoms with Gasteiger partial charge in [0.05, 0.1) is 17.1 Å². The molecule has 6 aromatic rings. The third-order valence-corrected chi connectivity index (χ3v) is 6.62. The summed E-state index contributed by atoms with van der Waals surface area (Å²) < 4.78 is 1.49. The van der Waals surface area contributed by atoms with Crippen molar-refractivity contribution in [1.82, 2.24) is 29.9 Å². The molecule has 6 heterocycles. The zero-order valence-electron chi connectivity index (χ0n) is 22.9. The maximum absolute atomic E-state index is 10.6. The van der Waals surface area contributed by atoms with E-state index in [-0.39, 0.29) is 5.78 Å². The summed E-state index contributed by atoms with van der Waals surface area (Å²) in [4.78, 5) is 45.9. The quantitative estimate of drug-likeness (QED) is 0.101. The molecule has 0 unspecified atom stereocenters. The van der Waals surface area contributed by atoms with Gasteiger partial charge in [0.1, 0.15) is 14.9 Å². The number of carbonyl (C=O) groups is 2. The fraction of sp³-hybridized carbons (Fsp3) is 0.0303. The molecule has 0 radical (unpaired) electrons. The molecular formula is C33H24Br2N6O2. The van der Waals surface area contributed by atoms with Gasteiger partial charge in [0.2, 0.25) is 0 Å². The smallest absolute Gasteiger partial charge is 0.168 e. The Bertz CT molecular complexity index is 1730. The van der Waals surface area contributed by atoms with Crippen LogP contribution >= 0.6 is 31.9 Å². The normalized spacial score (nSPS) is 9.93. The minimum absolute atomic E-state index is 0.0809. The number of pyridine rings is 6. The Morgan fingerprint density at radius 1 is 0.581 bits per heavy atom. The second kappa shape index (κ2) is 16.0. The van der Waals surface area contributed by atoms with Crippen LogP contribution in [0.25, 0.3) is 33.8 Å². The van der Waals surface area contributed by atoms with Crippen molar-refractivity contribution in [2.24, 2.45) is 0 Å². The first-order chi connectivity index (χ1) is 20.9. The molecule has 0 fully saturated rings. The number of halogens is 2. The van der Waals surface area contributed by atoms with Crippen LogP contribution < -0.4 is 0 Å². The Morgan fingerprint density at radius 3 is 1.49 bits per heavy atom. The van der Waals surface area contributed by atoms with Gasteiger partial charge < -0.3 is 0 Å². The topological polar surface area (TPSA) is 111 Å². The molecule has 0 aliphatic rings. The predicted molar refractivity (Wildman–Crippen MR) is 173 cm³/mol. The molecule has 0 aromatic carbocycles. The molecule has 0 atom stereocenters. The predicted octanol–water partition coefficient (Wildman–Crippen LogP) is 7.97. The Hall–Kier alpha value is -4.80. The monoisotopic (exact) mass is 694 g/mol. The minimum atomic E-state index is 0.0809. The van der Waals surface area contributed by atoms with Gasteiger partial charge in [-0.3, -0.25) is 24.5 Å². The molecule has 0 aliphatic heterocycles. The number of nitrogens with zero attached hydrogens (tertiary/aromatic N) is 6. The molecule has 0 spiro atoms. The van der Waals surface area contributed by atoms with Crippen molar-refractivity contribution >= 4 is 43.9 Å². The highest BCUT2D eigenvalue weighted by Gasteiger charge is 2.10. The molecule has 10 heteroatoms. The van der Waals surface area contributed by atoms with E-state index in [1.54, 1.807) is 67.5 Å². The molecule has 6 rings (SSSR count). The van der Waals surface area contributed by atoms with Crippen LogP contribution in [0, 0.1) is 0 Å². The van der Waals surface area contributed by atoms with Gasteiger partial charge in [-0.2, -0.15) is 0 Å². The van der Waals surface area contributed by atoms with Gasteiger partial charge in [-0.05, 0) is 112 Å². The van der Waals surface area contributed by atoms with E-state index in [2.05, 4.69) is 68.9 Å². The zero-order valence-corrected chi connectivity index (χ0v) is 26.1. The molecule has 0 bridgehead atoms. The van der Waals surface area contributed by atoms with Crippen LogP contribution in [0.2, 0.25) is 0 Å². The summed E-state index contributed by atoms with van der Waals surface area (Å²) in [5.41, 5.74) is 6.86. The van der Waals surface area contributed by atoms with Crippen molar-refractivity contribution in [2.75, 3.05) is 0 Å². The summed E-state index contributed by atoms with van der Waals surface area (Å²) in [7, 11) is 0. The molecule has 0 N–H and O–H groups in total. The van der Waals surface area contributed by atoms with E-state index < -0.39 is 0 Å². The summed E-state index contributed by atoms with van der Waals surface area (Å²) in [6.07, 6.45) is 11.0. The molecule has 8 nitrogen and oxygen atoms in total. The molecule has 212 valence electrons. The third kappa shape index (κ3) is 9.63. The van der Waals surface area contributed by atoms with Gasteiger partial charge in [0.15, 0.2) is 12.1 Å². The third-order valence-electron chi connectivity index (χ3n) is 5.73. The van der Waals surface area contributed by atoms with Crippen molar-refractivity contribution < 1.29 is 9.59 Å². The Balaban J connectivity index is 0.000000192. The second-order valence-electron chi connectivity index (χ2n) is 8.74. The summed E-state index contributed by atoms with van der Waals surface area (Å²) in [6.45, 7) is 1.54. The number of hydrogen-bond donors (Lipinski definition) is 0. The average Bonchev–Trinajstić information content (AvgIpc) is 3.06. The van der Waals surface area contributed by atoms with Gasteiger partial charge in [-0.15, -0.1) is 0 Å². The molecule has 0 amide bonds. The van der Waals surface area contributed by atoms with Gasteiger partial charge in [0, 0.05) is 59.4 Å². The first-order valence-electron chi connectivity index (χ1n) is 12.9. The van der Waals surface area contributed by atoms with Crippen LogP contribution in [0.3, 0.4) is 0 Å². The Kier molecular flexibility index (Phi) is 11.6. The van der Waals surface area contributed by atoms with Crippen LogP contribution in [0.4, 0.5) is 0 Å². The van der Waals surface area contributed by atoms with Gasteiger partial charge in [0.25, 0.3) is 0 Å².